The molecule has 0 aromatic heterocycles. The lowest BCUT2D eigenvalue weighted by Gasteiger charge is -2.15. The highest BCUT2D eigenvalue weighted by atomic mass is 32.2. The van der Waals surface area contributed by atoms with E-state index in [0.29, 0.717) is 30.3 Å². The molecule has 2 N–H and O–H groups in total. The molecule has 0 bridgehead atoms. The normalized spacial score (nSPS) is 14.2. The van der Waals surface area contributed by atoms with Crippen molar-refractivity contribution < 1.29 is 22.7 Å². The van der Waals surface area contributed by atoms with E-state index in [1.807, 2.05) is 37.3 Å². The van der Waals surface area contributed by atoms with E-state index in [4.69, 9.17) is 9.47 Å². The van der Waals surface area contributed by atoms with E-state index in [9.17, 15) is 13.2 Å². The van der Waals surface area contributed by atoms with E-state index in [0.717, 1.165) is 12.0 Å². The van der Waals surface area contributed by atoms with Gasteiger partial charge in [-0.15, -0.1) is 0 Å². The molecule has 1 atom stereocenters. The van der Waals surface area contributed by atoms with Gasteiger partial charge in [0.25, 0.3) is 15.9 Å². The lowest BCUT2D eigenvalue weighted by molar-refractivity contribution is 0.0940. The summed E-state index contributed by atoms with van der Waals surface area (Å²) in [5, 5.41) is 2.93. The van der Waals surface area contributed by atoms with Gasteiger partial charge in [-0.1, -0.05) is 36.4 Å². The fourth-order valence-electron chi connectivity index (χ4n) is 3.35. The molecule has 1 aliphatic heterocycles. The van der Waals surface area contributed by atoms with Crippen LogP contribution in [0.3, 0.4) is 0 Å². The molecule has 4 rings (SSSR count). The van der Waals surface area contributed by atoms with Crippen LogP contribution in [0.1, 0.15) is 35.3 Å². The standard InChI is InChI=1S/C24H24N2O5S/c1-17(18-7-3-2-4-8-18)25-24(27)19-9-5-10-20(15-19)26-32(28,29)21-11-12-22-23(16-21)31-14-6-13-30-22/h2-5,7-12,15-17,26H,6,13-14H2,1H3,(H,25,27). The minimum Gasteiger partial charge on any atom is -0.490 e. The number of fused-ring (bicyclic) bond motifs is 1. The molecule has 0 fully saturated rings. The maximum atomic E-state index is 12.9. The molecule has 1 unspecified atom stereocenters. The van der Waals surface area contributed by atoms with E-state index >= 15 is 0 Å². The Bertz CT molecular complexity index is 1210. The van der Waals surface area contributed by atoms with Crippen LogP contribution in [-0.2, 0) is 10.0 Å². The van der Waals surface area contributed by atoms with Crippen molar-refractivity contribution in [1.29, 1.82) is 0 Å². The maximum Gasteiger partial charge on any atom is 0.262 e. The second-order valence-corrected chi connectivity index (χ2v) is 9.13. The van der Waals surface area contributed by atoms with Crippen LogP contribution >= 0.6 is 0 Å². The Labute approximate surface area is 187 Å². The first-order chi connectivity index (χ1) is 15.4. The van der Waals surface area contributed by atoms with Gasteiger partial charge in [0.2, 0.25) is 0 Å². The second kappa shape index (κ2) is 9.32. The van der Waals surface area contributed by atoms with Crippen LogP contribution in [-0.4, -0.2) is 27.5 Å². The predicted molar refractivity (Wildman–Crippen MR) is 122 cm³/mol. The van der Waals surface area contributed by atoms with Gasteiger partial charge in [-0.05, 0) is 42.8 Å². The van der Waals surface area contributed by atoms with Gasteiger partial charge in [-0.3, -0.25) is 9.52 Å². The summed E-state index contributed by atoms with van der Waals surface area (Å²) in [7, 11) is -3.88. The Hall–Kier alpha value is -3.52. The SMILES string of the molecule is CC(NC(=O)c1cccc(NS(=O)(=O)c2ccc3c(c2)OCCCO3)c1)c1ccccc1. The summed E-state index contributed by atoms with van der Waals surface area (Å²) >= 11 is 0. The number of carbonyl (C=O) groups is 1. The van der Waals surface area contributed by atoms with Crippen LogP contribution in [0.4, 0.5) is 5.69 Å². The summed E-state index contributed by atoms with van der Waals surface area (Å²) in [5.74, 6) is 0.624. The Balaban J connectivity index is 1.49. The van der Waals surface area contributed by atoms with Crippen molar-refractivity contribution in [1.82, 2.24) is 5.32 Å². The molecular weight excluding hydrogens is 428 g/mol. The summed E-state index contributed by atoms with van der Waals surface area (Å²) in [5.41, 5.74) is 1.62. The topological polar surface area (TPSA) is 93.7 Å². The number of ether oxygens (including phenoxy) is 2. The molecule has 8 heteroatoms. The molecule has 166 valence electrons. The van der Waals surface area contributed by atoms with Crippen molar-refractivity contribution in [3.8, 4) is 11.5 Å². The number of hydrogen-bond donors (Lipinski definition) is 2. The zero-order chi connectivity index (χ0) is 22.6. The summed E-state index contributed by atoms with van der Waals surface area (Å²) in [4.78, 5) is 12.7. The van der Waals surface area contributed by atoms with Gasteiger partial charge in [0.05, 0.1) is 24.2 Å². The average molecular weight is 453 g/mol. The van der Waals surface area contributed by atoms with Crippen LogP contribution in [0.2, 0.25) is 0 Å². The summed E-state index contributed by atoms with van der Waals surface area (Å²) in [6, 6.07) is 20.3. The number of rotatable bonds is 6. The van der Waals surface area contributed by atoms with Crippen molar-refractivity contribution in [2.24, 2.45) is 0 Å². The van der Waals surface area contributed by atoms with Crippen LogP contribution in [0, 0.1) is 0 Å². The number of nitrogens with one attached hydrogen (secondary N) is 2. The molecule has 0 saturated carbocycles. The van der Waals surface area contributed by atoms with Crippen molar-refractivity contribution >= 4 is 21.6 Å². The molecule has 0 saturated heterocycles. The number of carbonyl (C=O) groups excluding carboxylic acids is 1. The molecule has 1 amide bonds. The van der Waals surface area contributed by atoms with E-state index < -0.39 is 10.0 Å². The van der Waals surface area contributed by atoms with Gasteiger partial charge in [-0.25, -0.2) is 8.42 Å². The molecule has 0 aliphatic carbocycles. The maximum absolute atomic E-state index is 12.9. The lowest BCUT2D eigenvalue weighted by Crippen LogP contribution is -2.26. The third-order valence-electron chi connectivity index (χ3n) is 5.05. The molecule has 32 heavy (non-hydrogen) atoms. The minimum absolute atomic E-state index is 0.0503. The zero-order valence-corrected chi connectivity index (χ0v) is 18.4. The van der Waals surface area contributed by atoms with Crippen molar-refractivity contribution in [2.75, 3.05) is 17.9 Å². The molecule has 1 heterocycles. The first kappa shape index (κ1) is 21.7. The molecule has 1 aliphatic rings. The largest absolute Gasteiger partial charge is 0.490 e. The van der Waals surface area contributed by atoms with Crippen LogP contribution in [0.15, 0.2) is 77.7 Å². The van der Waals surface area contributed by atoms with E-state index in [1.54, 1.807) is 24.3 Å². The van der Waals surface area contributed by atoms with E-state index in [-0.39, 0.29) is 22.5 Å². The van der Waals surface area contributed by atoms with Crippen LogP contribution < -0.4 is 19.5 Å². The predicted octanol–water partition coefficient (Wildman–Crippen LogP) is 4.14. The number of hydrogen-bond acceptors (Lipinski definition) is 5. The van der Waals surface area contributed by atoms with E-state index in [2.05, 4.69) is 10.0 Å². The Kier molecular flexibility index (Phi) is 6.32. The Morgan fingerprint density at radius 2 is 1.66 bits per heavy atom. The van der Waals surface area contributed by atoms with Crippen LogP contribution in [0.25, 0.3) is 0 Å². The molecular formula is C24H24N2O5S. The average Bonchev–Trinajstić information content (AvgIpc) is 3.04. The first-order valence-corrected chi connectivity index (χ1v) is 11.8. The first-order valence-electron chi connectivity index (χ1n) is 10.3. The molecule has 7 nitrogen and oxygen atoms in total. The third kappa shape index (κ3) is 5.03. The number of amides is 1. The highest BCUT2D eigenvalue weighted by molar-refractivity contribution is 7.92. The number of sulfonamides is 1. The highest BCUT2D eigenvalue weighted by Crippen LogP contribution is 2.32. The van der Waals surface area contributed by atoms with E-state index in [1.165, 1.54) is 18.2 Å². The number of benzene rings is 3. The minimum atomic E-state index is -3.88. The van der Waals surface area contributed by atoms with Gasteiger partial charge >= 0.3 is 0 Å². The van der Waals surface area contributed by atoms with Gasteiger partial charge in [0.15, 0.2) is 11.5 Å². The Morgan fingerprint density at radius 1 is 0.906 bits per heavy atom. The summed E-state index contributed by atoms with van der Waals surface area (Å²) in [6.07, 6.45) is 0.729. The fraction of sp³-hybridized carbons (Fsp3) is 0.208. The van der Waals surface area contributed by atoms with Crippen molar-refractivity contribution in [2.45, 2.75) is 24.3 Å². The highest BCUT2D eigenvalue weighted by Gasteiger charge is 2.20. The summed E-state index contributed by atoms with van der Waals surface area (Å²) < 4.78 is 39.5. The zero-order valence-electron chi connectivity index (χ0n) is 17.6. The summed E-state index contributed by atoms with van der Waals surface area (Å²) in [6.45, 7) is 2.88. The Morgan fingerprint density at radius 3 is 2.44 bits per heavy atom. The third-order valence-corrected chi connectivity index (χ3v) is 6.43. The molecule has 3 aromatic rings. The van der Waals surface area contributed by atoms with Gasteiger partial charge in [-0.2, -0.15) is 0 Å². The quantitative estimate of drug-likeness (QED) is 0.586. The van der Waals surface area contributed by atoms with Gasteiger partial charge in [0, 0.05) is 23.7 Å². The molecule has 0 radical (unpaired) electrons. The number of anilines is 1. The van der Waals surface area contributed by atoms with Crippen LogP contribution in [0.5, 0.6) is 11.5 Å². The lowest BCUT2D eigenvalue weighted by atomic mass is 10.1. The molecule has 3 aromatic carbocycles. The smallest absolute Gasteiger partial charge is 0.262 e. The molecule has 0 spiro atoms. The fourth-order valence-corrected chi connectivity index (χ4v) is 4.42. The monoisotopic (exact) mass is 452 g/mol. The van der Waals surface area contributed by atoms with Gasteiger partial charge < -0.3 is 14.8 Å². The van der Waals surface area contributed by atoms with Crippen molar-refractivity contribution in [3.63, 3.8) is 0 Å². The van der Waals surface area contributed by atoms with Gasteiger partial charge in [0.1, 0.15) is 0 Å². The second-order valence-electron chi connectivity index (χ2n) is 7.45. The van der Waals surface area contributed by atoms with Crippen molar-refractivity contribution in [3.05, 3.63) is 83.9 Å².